The van der Waals surface area contributed by atoms with Gasteiger partial charge in [-0.2, -0.15) is 0 Å². The largest absolute Gasteiger partial charge is 0.483 e. The van der Waals surface area contributed by atoms with Crippen molar-refractivity contribution in [2.75, 3.05) is 25.0 Å². The molecule has 0 aromatic heterocycles. The van der Waals surface area contributed by atoms with Crippen LogP contribution in [0.3, 0.4) is 0 Å². The highest BCUT2D eigenvalue weighted by Crippen LogP contribution is 2.28. The molecule has 0 atom stereocenters. The minimum absolute atomic E-state index is 0.0269. The third-order valence-electron chi connectivity index (χ3n) is 4.69. The van der Waals surface area contributed by atoms with Crippen LogP contribution in [0, 0.1) is 13.8 Å². The SMILES string of the molecule is CCN1CCc2c(OCC(=O)Nc3cc(C)ccc3C)cccc2C1=O. The average Bonchev–Trinajstić information content (AvgIpc) is 2.63. The topological polar surface area (TPSA) is 58.6 Å². The minimum atomic E-state index is -0.214. The van der Waals surface area contributed by atoms with Crippen LogP contribution in [0.1, 0.15) is 34.0 Å². The normalized spacial score (nSPS) is 13.3. The minimum Gasteiger partial charge on any atom is -0.483 e. The van der Waals surface area contributed by atoms with Gasteiger partial charge in [-0.3, -0.25) is 9.59 Å². The molecule has 0 saturated carbocycles. The monoisotopic (exact) mass is 352 g/mol. The van der Waals surface area contributed by atoms with Crippen molar-refractivity contribution in [2.24, 2.45) is 0 Å². The number of nitrogens with one attached hydrogen (secondary N) is 1. The van der Waals surface area contributed by atoms with Gasteiger partial charge in [-0.1, -0.05) is 18.2 Å². The summed E-state index contributed by atoms with van der Waals surface area (Å²) in [6.07, 6.45) is 0.740. The molecule has 1 heterocycles. The van der Waals surface area contributed by atoms with E-state index in [0.29, 0.717) is 24.4 Å². The van der Waals surface area contributed by atoms with Gasteiger partial charge < -0.3 is 15.0 Å². The van der Waals surface area contributed by atoms with Crippen LogP contribution in [0.4, 0.5) is 5.69 Å². The fraction of sp³-hybridized carbons (Fsp3) is 0.333. The lowest BCUT2D eigenvalue weighted by Crippen LogP contribution is -2.37. The van der Waals surface area contributed by atoms with Crippen molar-refractivity contribution >= 4 is 17.5 Å². The van der Waals surface area contributed by atoms with Crippen LogP contribution >= 0.6 is 0 Å². The van der Waals surface area contributed by atoms with Crippen molar-refractivity contribution in [2.45, 2.75) is 27.2 Å². The van der Waals surface area contributed by atoms with E-state index in [1.807, 2.05) is 56.0 Å². The third kappa shape index (κ3) is 3.72. The predicted octanol–water partition coefficient (Wildman–Crippen LogP) is 3.34. The van der Waals surface area contributed by atoms with Crippen LogP contribution in [0.25, 0.3) is 0 Å². The Labute approximate surface area is 154 Å². The summed E-state index contributed by atoms with van der Waals surface area (Å²) in [4.78, 5) is 26.5. The highest BCUT2D eigenvalue weighted by molar-refractivity contribution is 5.97. The summed E-state index contributed by atoms with van der Waals surface area (Å²) < 4.78 is 5.74. The molecule has 2 aromatic rings. The van der Waals surface area contributed by atoms with Gasteiger partial charge in [-0.05, 0) is 56.5 Å². The number of hydrogen-bond donors (Lipinski definition) is 1. The summed E-state index contributed by atoms with van der Waals surface area (Å²) >= 11 is 0. The molecule has 26 heavy (non-hydrogen) atoms. The second-order valence-electron chi connectivity index (χ2n) is 6.57. The number of aryl methyl sites for hydroxylation is 2. The molecule has 0 bridgehead atoms. The standard InChI is InChI=1S/C21H24N2O3/c1-4-23-11-10-16-17(21(23)25)6-5-7-19(16)26-13-20(24)22-18-12-14(2)8-9-15(18)3/h5-9,12H,4,10-11,13H2,1-3H3,(H,22,24). The number of nitrogens with zero attached hydrogens (tertiary/aromatic N) is 1. The number of carbonyl (C=O) groups is 2. The quantitative estimate of drug-likeness (QED) is 0.898. The van der Waals surface area contributed by atoms with E-state index in [1.54, 1.807) is 6.07 Å². The van der Waals surface area contributed by atoms with E-state index in [-0.39, 0.29) is 18.4 Å². The highest BCUT2D eigenvalue weighted by Gasteiger charge is 2.25. The van der Waals surface area contributed by atoms with Crippen LogP contribution in [0.2, 0.25) is 0 Å². The van der Waals surface area contributed by atoms with Gasteiger partial charge in [-0.15, -0.1) is 0 Å². The molecular formula is C21H24N2O3. The van der Waals surface area contributed by atoms with Gasteiger partial charge in [0.2, 0.25) is 0 Å². The fourth-order valence-electron chi connectivity index (χ4n) is 3.18. The van der Waals surface area contributed by atoms with Crippen molar-refractivity contribution < 1.29 is 14.3 Å². The van der Waals surface area contributed by atoms with Gasteiger partial charge in [-0.25, -0.2) is 0 Å². The van der Waals surface area contributed by atoms with Crippen LogP contribution in [0.5, 0.6) is 5.75 Å². The summed E-state index contributed by atoms with van der Waals surface area (Å²) in [6, 6.07) is 11.4. The van der Waals surface area contributed by atoms with Gasteiger partial charge in [0.25, 0.3) is 11.8 Å². The van der Waals surface area contributed by atoms with Gasteiger partial charge in [0.1, 0.15) is 5.75 Å². The molecule has 0 unspecified atom stereocenters. The van der Waals surface area contributed by atoms with E-state index < -0.39 is 0 Å². The molecule has 5 heteroatoms. The lowest BCUT2D eigenvalue weighted by molar-refractivity contribution is -0.118. The first-order valence-corrected chi connectivity index (χ1v) is 8.90. The van der Waals surface area contributed by atoms with Crippen molar-refractivity contribution in [1.82, 2.24) is 4.90 Å². The number of hydrogen-bond acceptors (Lipinski definition) is 3. The molecule has 2 aromatic carbocycles. The first kappa shape index (κ1) is 18.0. The zero-order chi connectivity index (χ0) is 18.7. The fourth-order valence-corrected chi connectivity index (χ4v) is 3.18. The maximum atomic E-state index is 12.4. The van der Waals surface area contributed by atoms with Crippen LogP contribution in [-0.4, -0.2) is 36.4 Å². The van der Waals surface area contributed by atoms with Gasteiger partial charge >= 0.3 is 0 Å². The van der Waals surface area contributed by atoms with Crippen molar-refractivity contribution in [3.63, 3.8) is 0 Å². The van der Waals surface area contributed by atoms with Crippen LogP contribution < -0.4 is 10.1 Å². The number of amides is 2. The van der Waals surface area contributed by atoms with Crippen LogP contribution in [-0.2, 0) is 11.2 Å². The number of ether oxygens (including phenoxy) is 1. The molecule has 136 valence electrons. The smallest absolute Gasteiger partial charge is 0.262 e. The predicted molar refractivity (Wildman–Crippen MR) is 102 cm³/mol. The molecule has 0 fully saturated rings. The number of carbonyl (C=O) groups excluding carboxylic acids is 2. The molecule has 0 saturated heterocycles. The maximum absolute atomic E-state index is 12.4. The summed E-state index contributed by atoms with van der Waals surface area (Å²) in [5.41, 5.74) is 4.45. The zero-order valence-corrected chi connectivity index (χ0v) is 15.5. The van der Waals surface area contributed by atoms with E-state index in [9.17, 15) is 9.59 Å². The summed E-state index contributed by atoms with van der Waals surface area (Å²) in [5.74, 6) is 0.426. The molecule has 0 spiro atoms. The summed E-state index contributed by atoms with van der Waals surface area (Å²) in [6.45, 7) is 7.20. The van der Waals surface area contributed by atoms with E-state index in [0.717, 1.165) is 28.8 Å². The zero-order valence-electron chi connectivity index (χ0n) is 15.5. The Morgan fingerprint density at radius 1 is 1.23 bits per heavy atom. The number of likely N-dealkylation sites (N-methyl/N-ethyl adjacent to an activating group) is 1. The lowest BCUT2D eigenvalue weighted by atomic mass is 9.98. The Morgan fingerprint density at radius 2 is 2.04 bits per heavy atom. The van der Waals surface area contributed by atoms with E-state index in [1.165, 1.54) is 0 Å². The Bertz CT molecular complexity index is 845. The molecule has 0 radical (unpaired) electrons. The molecule has 1 aliphatic rings. The van der Waals surface area contributed by atoms with Crippen molar-refractivity contribution in [3.8, 4) is 5.75 Å². The van der Waals surface area contributed by atoms with E-state index >= 15 is 0 Å². The molecular weight excluding hydrogens is 328 g/mol. The molecule has 0 aliphatic carbocycles. The third-order valence-corrected chi connectivity index (χ3v) is 4.69. The Hall–Kier alpha value is -2.82. The molecule has 5 nitrogen and oxygen atoms in total. The molecule has 2 amide bonds. The first-order valence-electron chi connectivity index (χ1n) is 8.90. The number of benzene rings is 2. The summed E-state index contributed by atoms with van der Waals surface area (Å²) in [7, 11) is 0. The summed E-state index contributed by atoms with van der Waals surface area (Å²) in [5, 5.41) is 2.89. The van der Waals surface area contributed by atoms with Gasteiger partial charge in [0.15, 0.2) is 6.61 Å². The van der Waals surface area contributed by atoms with Gasteiger partial charge in [0, 0.05) is 29.9 Å². The van der Waals surface area contributed by atoms with Crippen LogP contribution in [0.15, 0.2) is 36.4 Å². The number of anilines is 1. The first-order chi connectivity index (χ1) is 12.5. The maximum Gasteiger partial charge on any atom is 0.262 e. The lowest BCUT2D eigenvalue weighted by Gasteiger charge is -2.28. The molecule has 3 rings (SSSR count). The second kappa shape index (κ2) is 7.60. The van der Waals surface area contributed by atoms with E-state index in [4.69, 9.17) is 4.74 Å². The molecule has 1 N–H and O–H groups in total. The Kier molecular flexibility index (Phi) is 5.26. The van der Waals surface area contributed by atoms with Crippen molar-refractivity contribution in [1.29, 1.82) is 0 Å². The average molecular weight is 352 g/mol. The highest BCUT2D eigenvalue weighted by atomic mass is 16.5. The van der Waals surface area contributed by atoms with Crippen molar-refractivity contribution in [3.05, 3.63) is 58.7 Å². The Morgan fingerprint density at radius 3 is 2.81 bits per heavy atom. The number of fused-ring (bicyclic) bond motifs is 1. The molecule has 1 aliphatic heterocycles. The van der Waals surface area contributed by atoms with E-state index in [2.05, 4.69) is 5.32 Å². The van der Waals surface area contributed by atoms with Gasteiger partial charge in [0.05, 0.1) is 0 Å². The Balaban J connectivity index is 1.69. The number of rotatable bonds is 5. The second-order valence-corrected chi connectivity index (χ2v) is 6.57.